The largest absolute Gasteiger partial charge is 0.497 e. The van der Waals surface area contributed by atoms with Gasteiger partial charge in [0.1, 0.15) is 17.2 Å². The number of nitrogens with one attached hydrogen (secondary N) is 2. The Balaban J connectivity index is 0.00000392. The predicted octanol–water partition coefficient (Wildman–Crippen LogP) is 4.35. The smallest absolute Gasteiger partial charge is 0.191 e. The molecule has 0 aliphatic rings. The number of ether oxygens (including phenoxy) is 3. The zero-order valence-electron chi connectivity index (χ0n) is 16.5. The quantitative estimate of drug-likeness (QED) is 0.284. The Labute approximate surface area is 192 Å². The van der Waals surface area contributed by atoms with Gasteiger partial charge in [0.15, 0.2) is 5.96 Å². The summed E-state index contributed by atoms with van der Waals surface area (Å²) in [6.07, 6.45) is 0. The molecule has 0 atom stereocenters. The summed E-state index contributed by atoms with van der Waals surface area (Å²) in [5.41, 5.74) is 2.11. The minimum atomic E-state index is 0. The van der Waals surface area contributed by atoms with E-state index in [2.05, 4.69) is 31.6 Å². The second kappa shape index (κ2) is 12.7. The van der Waals surface area contributed by atoms with Gasteiger partial charge in [-0.05, 0) is 52.7 Å². The number of hydrogen-bond acceptors (Lipinski definition) is 4. The number of benzene rings is 2. The molecule has 2 aromatic carbocycles. The summed E-state index contributed by atoms with van der Waals surface area (Å²) in [7, 11) is 4.94. The van der Waals surface area contributed by atoms with E-state index in [-0.39, 0.29) is 24.0 Å². The van der Waals surface area contributed by atoms with Crippen LogP contribution in [0.1, 0.15) is 18.1 Å². The highest BCUT2D eigenvalue weighted by Gasteiger charge is 2.07. The van der Waals surface area contributed by atoms with Gasteiger partial charge in [-0.25, -0.2) is 4.99 Å². The van der Waals surface area contributed by atoms with E-state index in [4.69, 9.17) is 14.2 Å². The van der Waals surface area contributed by atoms with Crippen LogP contribution in [0.25, 0.3) is 0 Å². The lowest BCUT2D eigenvalue weighted by atomic mass is 10.2. The molecule has 0 amide bonds. The highest BCUT2D eigenvalue weighted by molar-refractivity contribution is 14.0. The number of hydrogen-bond donors (Lipinski definition) is 2. The fourth-order valence-corrected chi connectivity index (χ4v) is 3.09. The molecule has 154 valence electrons. The van der Waals surface area contributed by atoms with Crippen molar-refractivity contribution in [2.45, 2.75) is 20.0 Å². The van der Waals surface area contributed by atoms with Gasteiger partial charge in [-0.15, -0.1) is 24.0 Å². The molecule has 0 aliphatic carbocycles. The molecule has 0 bridgehead atoms. The average molecular weight is 564 g/mol. The topological polar surface area (TPSA) is 64.1 Å². The van der Waals surface area contributed by atoms with Crippen LogP contribution < -0.4 is 24.8 Å². The van der Waals surface area contributed by atoms with E-state index in [1.807, 2.05) is 43.3 Å². The minimum Gasteiger partial charge on any atom is -0.497 e. The number of rotatable bonds is 8. The standard InChI is InChI=1S/C20H26BrN3O3.HI/c1-5-22-20(23-12-14-6-9-18(26-3)17(21)10-14)24-13-15-7-8-16(25-2)11-19(15)27-4;/h6-11H,5,12-13H2,1-4H3,(H2,22,23,24);1H. The van der Waals surface area contributed by atoms with Crippen LogP contribution in [-0.4, -0.2) is 33.8 Å². The van der Waals surface area contributed by atoms with Crippen LogP contribution >= 0.6 is 39.9 Å². The molecular weight excluding hydrogens is 537 g/mol. The van der Waals surface area contributed by atoms with Crippen molar-refractivity contribution in [1.29, 1.82) is 0 Å². The summed E-state index contributed by atoms with van der Waals surface area (Å²) in [4.78, 5) is 4.65. The second-order valence-electron chi connectivity index (χ2n) is 5.70. The molecule has 0 heterocycles. The van der Waals surface area contributed by atoms with E-state index in [0.29, 0.717) is 13.1 Å². The molecule has 0 spiro atoms. The maximum Gasteiger partial charge on any atom is 0.191 e. The Morgan fingerprint density at radius 2 is 1.71 bits per heavy atom. The van der Waals surface area contributed by atoms with Gasteiger partial charge in [0.05, 0.1) is 32.3 Å². The lowest BCUT2D eigenvalue weighted by molar-refractivity contribution is 0.390. The molecule has 0 aliphatic heterocycles. The number of guanidine groups is 1. The number of methoxy groups -OCH3 is 3. The number of aliphatic imine (C=N–C) groups is 1. The van der Waals surface area contributed by atoms with Crippen molar-refractivity contribution in [1.82, 2.24) is 10.6 Å². The molecule has 0 saturated carbocycles. The van der Waals surface area contributed by atoms with Crippen LogP contribution in [0.5, 0.6) is 17.2 Å². The maximum absolute atomic E-state index is 5.45. The molecule has 0 fully saturated rings. The number of halogens is 2. The Kier molecular flexibility index (Phi) is 11.1. The monoisotopic (exact) mass is 563 g/mol. The molecular formula is C20H27BrIN3O3. The summed E-state index contributed by atoms with van der Waals surface area (Å²) >= 11 is 3.51. The lowest BCUT2D eigenvalue weighted by Crippen LogP contribution is -2.36. The van der Waals surface area contributed by atoms with Gasteiger partial charge in [-0.1, -0.05) is 6.07 Å². The van der Waals surface area contributed by atoms with Crippen LogP contribution in [0.3, 0.4) is 0 Å². The van der Waals surface area contributed by atoms with E-state index in [1.54, 1.807) is 21.3 Å². The van der Waals surface area contributed by atoms with Crippen molar-refractivity contribution in [3.63, 3.8) is 0 Å². The third kappa shape index (κ3) is 7.05. The fourth-order valence-electron chi connectivity index (χ4n) is 2.50. The van der Waals surface area contributed by atoms with Crippen molar-refractivity contribution in [3.05, 3.63) is 52.0 Å². The number of nitrogens with zero attached hydrogens (tertiary/aromatic N) is 1. The molecule has 28 heavy (non-hydrogen) atoms. The zero-order valence-corrected chi connectivity index (χ0v) is 20.5. The summed E-state index contributed by atoms with van der Waals surface area (Å²) in [6.45, 7) is 3.95. The SMILES string of the molecule is CCNC(=NCc1ccc(OC)c(Br)c1)NCc1ccc(OC)cc1OC.I. The Hall–Kier alpha value is -1.68. The first-order valence-electron chi connectivity index (χ1n) is 8.66. The van der Waals surface area contributed by atoms with E-state index < -0.39 is 0 Å². The normalized spacial score (nSPS) is 10.7. The molecule has 6 nitrogen and oxygen atoms in total. The Morgan fingerprint density at radius 3 is 2.32 bits per heavy atom. The summed E-state index contributed by atoms with van der Waals surface area (Å²) in [5.74, 6) is 3.08. The first kappa shape index (κ1) is 24.4. The van der Waals surface area contributed by atoms with Crippen LogP contribution in [0.2, 0.25) is 0 Å². The second-order valence-corrected chi connectivity index (χ2v) is 6.55. The van der Waals surface area contributed by atoms with Gasteiger partial charge in [0.25, 0.3) is 0 Å². The van der Waals surface area contributed by atoms with Gasteiger partial charge in [0.2, 0.25) is 0 Å². The van der Waals surface area contributed by atoms with Gasteiger partial charge in [0, 0.05) is 24.7 Å². The first-order chi connectivity index (χ1) is 13.1. The summed E-state index contributed by atoms with van der Waals surface area (Å²) < 4.78 is 16.9. The highest BCUT2D eigenvalue weighted by atomic mass is 127. The first-order valence-corrected chi connectivity index (χ1v) is 9.46. The van der Waals surface area contributed by atoms with E-state index in [9.17, 15) is 0 Å². The van der Waals surface area contributed by atoms with Crippen LogP contribution in [-0.2, 0) is 13.1 Å². The molecule has 0 aromatic heterocycles. The van der Waals surface area contributed by atoms with E-state index in [1.165, 1.54) is 0 Å². The van der Waals surface area contributed by atoms with E-state index in [0.717, 1.165) is 45.4 Å². The van der Waals surface area contributed by atoms with E-state index >= 15 is 0 Å². The highest BCUT2D eigenvalue weighted by Crippen LogP contribution is 2.26. The fraction of sp³-hybridized carbons (Fsp3) is 0.350. The molecule has 8 heteroatoms. The van der Waals surface area contributed by atoms with Crippen molar-refractivity contribution in [2.24, 2.45) is 4.99 Å². The van der Waals surface area contributed by atoms with Crippen molar-refractivity contribution < 1.29 is 14.2 Å². The minimum absolute atomic E-state index is 0. The predicted molar refractivity (Wildman–Crippen MR) is 127 cm³/mol. The van der Waals surface area contributed by atoms with Crippen LogP contribution in [0, 0.1) is 0 Å². The Bertz CT molecular complexity index is 787. The Morgan fingerprint density at radius 1 is 0.964 bits per heavy atom. The molecule has 2 rings (SSSR count). The average Bonchev–Trinajstić information content (AvgIpc) is 2.70. The van der Waals surface area contributed by atoms with Crippen molar-refractivity contribution in [3.8, 4) is 17.2 Å². The van der Waals surface area contributed by atoms with Crippen molar-refractivity contribution in [2.75, 3.05) is 27.9 Å². The molecule has 2 aromatic rings. The van der Waals surface area contributed by atoms with Crippen molar-refractivity contribution >= 4 is 45.9 Å². The van der Waals surface area contributed by atoms with Gasteiger partial charge < -0.3 is 24.8 Å². The molecule has 2 N–H and O–H groups in total. The van der Waals surface area contributed by atoms with Gasteiger partial charge in [-0.3, -0.25) is 0 Å². The zero-order chi connectivity index (χ0) is 19.6. The maximum atomic E-state index is 5.45. The molecule has 0 saturated heterocycles. The summed E-state index contributed by atoms with van der Waals surface area (Å²) in [6, 6.07) is 11.7. The van der Waals surface area contributed by atoms with Gasteiger partial charge in [-0.2, -0.15) is 0 Å². The molecule has 0 radical (unpaired) electrons. The van der Waals surface area contributed by atoms with Crippen LogP contribution in [0.15, 0.2) is 45.9 Å². The summed E-state index contributed by atoms with van der Waals surface area (Å²) in [5, 5.41) is 6.60. The van der Waals surface area contributed by atoms with Gasteiger partial charge >= 0.3 is 0 Å². The van der Waals surface area contributed by atoms with Crippen LogP contribution in [0.4, 0.5) is 0 Å². The third-order valence-electron chi connectivity index (χ3n) is 3.92. The molecule has 0 unspecified atom stereocenters. The third-order valence-corrected chi connectivity index (χ3v) is 4.54. The lowest BCUT2D eigenvalue weighted by Gasteiger charge is -2.14.